The number of anilines is 2. The predicted molar refractivity (Wildman–Crippen MR) is 121 cm³/mol. The number of hydrogen-bond donors (Lipinski definition) is 5. The van der Waals surface area contributed by atoms with Crippen molar-refractivity contribution in [2.75, 3.05) is 51.9 Å². The van der Waals surface area contributed by atoms with Gasteiger partial charge in [-0.2, -0.15) is 5.10 Å². The molecule has 9 heteroatoms. The van der Waals surface area contributed by atoms with Gasteiger partial charge in [-0.3, -0.25) is 5.10 Å². The van der Waals surface area contributed by atoms with E-state index in [1.807, 2.05) is 31.3 Å². The van der Waals surface area contributed by atoms with Gasteiger partial charge in [0.1, 0.15) is 12.4 Å². The molecule has 5 N–H and O–H groups in total. The molecular formula is C23H28N4O5. The molecule has 0 saturated carbocycles. The topological polar surface area (TPSA) is 121 Å². The first-order chi connectivity index (χ1) is 15.7. The first-order valence-corrected chi connectivity index (χ1v) is 10.6. The smallest absolute Gasteiger partial charge is 0.158 e. The average Bonchev–Trinajstić information content (AvgIpc) is 3.33. The Balaban J connectivity index is 1.28. The fraction of sp³-hybridized carbons (Fsp3) is 0.348. The van der Waals surface area contributed by atoms with E-state index in [0.29, 0.717) is 45.3 Å². The van der Waals surface area contributed by atoms with Crippen molar-refractivity contribution in [1.82, 2.24) is 15.5 Å². The van der Waals surface area contributed by atoms with Gasteiger partial charge in [0.2, 0.25) is 0 Å². The molecule has 2 aromatic carbocycles. The number of fused-ring (bicyclic) bond motifs is 3. The second-order valence-electron chi connectivity index (χ2n) is 7.43. The normalized spacial score (nSPS) is 11.9. The third kappa shape index (κ3) is 5.13. The van der Waals surface area contributed by atoms with Gasteiger partial charge in [-0.25, -0.2) is 0 Å². The van der Waals surface area contributed by atoms with Crippen LogP contribution in [0.4, 0.5) is 11.5 Å². The lowest BCUT2D eigenvalue weighted by molar-refractivity contribution is 0.0376. The number of ether oxygens (including phenoxy) is 3. The predicted octanol–water partition coefficient (Wildman–Crippen LogP) is 2.77. The van der Waals surface area contributed by atoms with Crippen molar-refractivity contribution in [3.63, 3.8) is 0 Å². The van der Waals surface area contributed by atoms with E-state index in [4.69, 9.17) is 14.2 Å². The molecular weight excluding hydrogens is 412 g/mol. The molecule has 32 heavy (non-hydrogen) atoms. The van der Waals surface area contributed by atoms with Crippen molar-refractivity contribution in [1.29, 1.82) is 0 Å². The number of nitrogens with zero attached hydrogens (tertiary/aromatic N) is 1. The molecule has 1 heterocycles. The molecule has 0 aliphatic heterocycles. The van der Waals surface area contributed by atoms with E-state index >= 15 is 0 Å². The Morgan fingerprint density at radius 3 is 2.62 bits per heavy atom. The van der Waals surface area contributed by atoms with Crippen LogP contribution in [0.3, 0.4) is 0 Å². The first-order valence-electron chi connectivity index (χ1n) is 10.6. The zero-order chi connectivity index (χ0) is 22.3. The maximum Gasteiger partial charge on any atom is 0.158 e. The molecule has 0 saturated heterocycles. The van der Waals surface area contributed by atoms with Gasteiger partial charge in [0, 0.05) is 35.8 Å². The Bertz CT molecular complexity index is 1050. The van der Waals surface area contributed by atoms with E-state index in [0.717, 1.165) is 40.4 Å². The van der Waals surface area contributed by atoms with E-state index in [1.54, 1.807) is 12.1 Å². The van der Waals surface area contributed by atoms with E-state index in [1.165, 1.54) is 0 Å². The molecule has 0 radical (unpaired) electrons. The van der Waals surface area contributed by atoms with Gasteiger partial charge >= 0.3 is 0 Å². The fourth-order valence-electron chi connectivity index (χ4n) is 3.57. The molecule has 1 aliphatic rings. The highest BCUT2D eigenvalue weighted by Gasteiger charge is 2.26. The lowest BCUT2D eigenvalue weighted by Gasteiger charge is -2.10. The molecule has 0 bridgehead atoms. The highest BCUT2D eigenvalue weighted by atomic mass is 16.5. The minimum Gasteiger partial charge on any atom is -0.504 e. The van der Waals surface area contributed by atoms with Crippen LogP contribution in [-0.2, 0) is 15.9 Å². The summed E-state index contributed by atoms with van der Waals surface area (Å²) in [5.74, 6) is 1.17. The second-order valence-corrected chi connectivity index (χ2v) is 7.43. The SMILES string of the molecule is CNCCOCCOCCOc1cccc(Nc2n[nH]c3c2Cc2cc(O)c(O)cc2-3)c1. The Hall–Kier alpha value is -3.27. The highest BCUT2D eigenvalue weighted by Crippen LogP contribution is 2.43. The van der Waals surface area contributed by atoms with Crippen molar-refractivity contribution < 1.29 is 24.4 Å². The Kier molecular flexibility index (Phi) is 7.10. The summed E-state index contributed by atoms with van der Waals surface area (Å²) >= 11 is 0. The molecule has 0 amide bonds. The summed E-state index contributed by atoms with van der Waals surface area (Å²) in [5, 5.41) is 33.3. The maximum absolute atomic E-state index is 9.81. The lowest BCUT2D eigenvalue weighted by atomic mass is 10.1. The summed E-state index contributed by atoms with van der Waals surface area (Å²) < 4.78 is 16.7. The van der Waals surface area contributed by atoms with Crippen molar-refractivity contribution in [2.45, 2.75) is 6.42 Å². The molecule has 170 valence electrons. The number of hydrogen-bond acceptors (Lipinski definition) is 8. The number of aromatic nitrogens is 2. The second kappa shape index (κ2) is 10.4. The summed E-state index contributed by atoms with van der Waals surface area (Å²) in [7, 11) is 1.89. The summed E-state index contributed by atoms with van der Waals surface area (Å²) in [6.45, 7) is 3.54. The van der Waals surface area contributed by atoms with Crippen LogP contribution < -0.4 is 15.4 Å². The summed E-state index contributed by atoms with van der Waals surface area (Å²) in [5.41, 5.74) is 4.47. The highest BCUT2D eigenvalue weighted by molar-refractivity contribution is 5.81. The van der Waals surface area contributed by atoms with Gasteiger partial charge in [0.15, 0.2) is 17.3 Å². The Labute approximate surface area is 186 Å². The Morgan fingerprint density at radius 2 is 1.78 bits per heavy atom. The third-order valence-corrected chi connectivity index (χ3v) is 5.17. The molecule has 0 spiro atoms. The number of phenolic OH excluding ortho intramolecular Hbond substituents is 2. The van der Waals surface area contributed by atoms with Crippen LogP contribution in [0.2, 0.25) is 0 Å². The van der Waals surface area contributed by atoms with Crippen LogP contribution in [-0.4, -0.2) is 67.0 Å². The monoisotopic (exact) mass is 440 g/mol. The molecule has 0 atom stereocenters. The minimum absolute atomic E-state index is 0.119. The molecule has 4 rings (SSSR count). The number of phenols is 2. The van der Waals surface area contributed by atoms with E-state index in [-0.39, 0.29) is 11.5 Å². The van der Waals surface area contributed by atoms with Crippen LogP contribution in [0, 0.1) is 0 Å². The van der Waals surface area contributed by atoms with Crippen LogP contribution >= 0.6 is 0 Å². The van der Waals surface area contributed by atoms with Crippen LogP contribution in [0.5, 0.6) is 17.2 Å². The molecule has 1 aliphatic carbocycles. The molecule has 0 fully saturated rings. The van der Waals surface area contributed by atoms with Gasteiger partial charge in [0.25, 0.3) is 0 Å². The number of aromatic amines is 1. The zero-order valence-electron chi connectivity index (χ0n) is 18.0. The van der Waals surface area contributed by atoms with Gasteiger partial charge in [-0.05, 0) is 36.9 Å². The number of nitrogens with one attached hydrogen (secondary N) is 3. The van der Waals surface area contributed by atoms with Gasteiger partial charge < -0.3 is 35.1 Å². The van der Waals surface area contributed by atoms with Crippen LogP contribution in [0.25, 0.3) is 11.3 Å². The summed E-state index contributed by atoms with van der Waals surface area (Å²) in [6.07, 6.45) is 0.615. The van der Waals surface area contributed by atoms with Crippen molar-refractivity contribution in [3.8, 4) is 28.5 Å². The number of H-pyrrole nitrogens is 1. The number of benzene rings is 2. The molecule has 9 nitrogen and oxygen atoms in total. The van der Waals surface area contributed by atoms with E-state index in [9.17, 15) is 10.2 Å². The number of likely N-dealkylation sites (N-methyl/N-ethyl adjacent to an activating group) is 1. The van der Waals surface area contributed by atoms with E-state index in [2.05, 4.69) is 20.8 Å². The molecule has 1 aromatic heterocycles. The minimum atomic E-state index is -0.143. The first kappa shape index (κ1) is 21.9. The quantitative estimate of drug-likeness (QED) is 0.168. The van der Waals surface area contributed by atoms with E-state index < -0.39 is 0 Å². The van der Waals surface area contributed by atoms with Gasteiger partial charge in [-0.1, -0.05) is 6.07 Å². The zero-order valence-corrected chi connectivity index (χ0v) is 18.0. The molecule has 0 unspecified atom stereocenters. The molecule has 3 aromatic rings. The average molecular weight is 441 g/mol. The van der Waals surface area contributed by atoms with Crippen LogP contribution in [0.15, 0.2) is 36.4 Å². The fourth-order valence-corrected chi connectivity index (χ4v) is 3.57. The lowest BCUT2D eigenvalue weighted by Crippen LogP contribution is -2.17. The largest absolute Gasteiger partial charge is 0.504 e. The van der Waals surface area contributed by atoms with Crippen molar-refractivity contribution in [2.24, 2.45) is 0 Å². The number of rotatable bonds is 12. The van der Waals surface area contributed by atoms with Crippen molar-refractivity contribution in [3.05, 3.63) is 47.5 Å². The van der Waals surface area contributed by atoms with Gasteiger partial charge in [0.05, 0.1) is 32.1 Å². The standard InChI is InChI=1S/C23H28N4O5/c1-24-5-6-30-7-8-31-9-10-32-17-4-2-3-16(13-17)25-23-19-11-15-12-20(28)21(29)14-18(15)22(19)26-27-23/h2-4,12-14,24,28-29H,5-11H2,1H3,(H2,25,26,27). The van der Waals surface area contributed by atoms with Crippen LogP contribution in [0.1, 0.15) is 11.1 Å². The maximum atomic E-state index is 9.81. The van der Waals surface area contributed by atoms with Crippen molar-refractivity contribution >= 4 is 11.5 Å². The Morgan fingerprint density at radius 1 is 1.00 bits per heavy atom. The summed E-state index contributed by atoms with van der Waals surface area (Å²) in [4.78, 5) is 0. The number of aromatic hydroxyl groups is 2. The third-order valence-electron chi connectivity index (χ3n) is 5.17. The summed E-state index contributed by atoms with van der Waals surface area (Å²) in [6, 6.07) is 10.8. The van der Waals surface area contributed by atoms with Gasteiger partial charge in [-0.15, -0.1) is 0 Å².